The number of aliphatic hydroxyl groups is 1. The van der Waals surface area contributed by atoms with E-state index in [4.69, 9.17) is 15.5 Å². The fraction of sp³-hybridized carbons (Fsp3) is 0.267. The van der Waals surface area contributed by atoms with Crippen molar-refractivity contribution in [2.45, 2.75) is 52.5 Å². The lowest BCUT2D eigenvalue weighted by molar-refractivity contribution is -0.172. The molecular formula is C30H27N7O4. The summed E-state index contributed by atoms with van der Waals surface area (Å²) in [7, 11) is 0. The Labute approximate surface area is 234 Å². The normalized spacial score (nSPS) is 17.3. The molecule has 1 atom stereocenters. The number of ether oxygens (including phenoxy) is 1. The number of hydrogen-bond donors (Lipinski definition) is 2. The van der Waals surface area contributed by atoms with Crippen LogP contribution in [-0.2, 0) is 34.8 Å². The van der Waals surface area contributed by atoms with Crippen LogP contribution in [0.15, 0.2) is 47.4 Å². The molecule has 2 aliphatic heterocycles. The van der Waals surface area contributed by atoms with Crippen LogP contribution in [-0.4, -0.2) is 40.6 Å². The highest BCUT2D eigenvalue weighted by Crippen LogP contribution is 2.40. The molecule has 0 aliphatic carbocycles. The summed E-state index contributed by atoms with van der Waals surface area (Å²) in [5, 5.41) is 20.9. The molecule has 0 spiro atoms. The van der Waals surface area contributed by atoms with E-state index in [1.807, 2.05) is 31.3 Å². The predicted molar refractivity (Wildman–Crippen MR) is 151 cm³/mol. The summed E-state index contributed by atoms with van der Waals surface area (Å²) < 4.78 is 8.61. The summed E-state index contributed by atoms with van der Waals surface area (Å²) in [5.74, 6) is -0.348. The van der Waals surface area contributed by atoms with E-state index in [0.717, 1.165) is 33.2 Å². The number of nitrogens with two attached hydrogens (primary N) is 1. The molecule has 0 saturated heterocycles. The highest BCUT2D eigenvalue weighted by atomic mass is 16.6. The molecule has 0 radical (unpaired) electrons. The second-order valence-corrected chi connectivity index (χ2v) is 10.7. The lowest BCUT2D eigenvalue weighted by Crippen LogP contribution is -2.44. The Balaban J connectivity index is 1.42. The van der Waals surface area contributed by atoms with Crippen molar-refractivity contribution < 1.29 is 14.6 Å². The summed E-state index contributed by atoms with van der Waals surface area (Å²) in [6.45, 7) is 6.28. The molecule has 0 bridgehead atoms. The Hall–Kier alpha value is -4.90. The van der Waals surface area contributed by atoms with Gasteiger partial charge in [0.1, 0.15) is 18.1 Å². The van der Waals surface area contributed by atoms with Crippen LogP contribution < -0.4 is 11.3 Å². The Morgan fingerprint density at radius 3 is 2.66 bits per heavy atom. The number of fused-ring (bicyclic) bond motifs is 5. The van der Waals surface area contributed by atoms with Crippen LogP contribution >= 0.6 is 0 Å². The zero-order chi connectivity index (χ0) is 28.6. The first-order valence-electron chi connectivity index (χ1n) is 13.4. The van der Waals surface area contributed by atoms with Crippen LogP contribution in [0.4, 0.5) is 5.82 Å². The van der Waals surface area contributed by atoms with Crippen LogP contribution in [0.5, 0.6) is 0 Å². The third-order valence-corrected chi connectivity index (χ3v) is 8.31. The highest BCUT2D eigenvalue weighted by Gasteiger charge is 2.45. The van der Waals surface area contributed by atoms with Crippen molar-refractivity contribution in [1.29, 1.82) is 0 Å². The molecule has 7 rings (SSSR count). The van der Waals surface area contributed by atoms with Gasteiger partial charge < -0.3 is 20.1 Å². The second-order valence-electron chi connectivity index (χ2n) is 10.7. The molecule has 5 aromatic rings. The molecule has 41 heavy (non-hydrogen) atoms. The van der Waals surface area contributed by atoms with Crippen molar-refractivity contribution in [2.24, 2.45) is 0 Å². The largest absolute Gasteiger partial charge is 0.458 e. The maximum Gasteiger partial charge on any atom is 0.343 e. The second kappa shape index (κ2) is 8.80. The lowest BCUT2D eigenvalue weighted by atomic mass is 9.86. The number of anilines is 1. The smallest absolute Gasteiger partial charge is 0.343 e. The molecule has 206 valence electrons. The zero-order valence-electron chi connectivity index (χ0n) is 22.8. The van der Waals surface area contributed by atoms with Crippen LogP contribution in [0.3, 0.4) is 0 Å². The van der Waals surface area contributed by atoms with Gasteiger partial charge in [-0.25, -0.2) is 19.4 Å². The van der Waals surface area contributed by atoms with Crippen molar-refractivity contribution in [2.75, 3.05) is 5.73 Å². The topological polar surface area (TPSA) is 151 Å². The fourth-order valence-electron chi connectivity index (χ4n) is 5.85. The number of hydrogen-bond acceptors (Lipinski definition) is 9. The average Bonchev–Trinajstić information content (AvgIpc) is 3.57. The number of nitrogens with zero attached hydrogens (tertiary/aromatic N) is 6. The highest BCUT2D eigenvalue weighted by molar-refractivity contribution is 5.90. The first-order valence-corrected chi connectivity index (χ1v) is 13.4. The zero-order valence-corrected chi connectivity index (χ0v) is 22.8. The Morgan fingerprint density at radius 1 is 1.07 bits per heavy atom. The average molecular weight is 550 g/mol. The summed E-state index contributed by atoms with van der Waals surface area (Å²) in [5.41, 5.74) is 11.5. The van der Waals surface area contributed by atoms with Gasteiger partial charge in [-0.2, -0.15) is 0 Å². The quantitative estimate of drug-likeness (QED) is 0.316. The molecule has 11 nitrogen and oxygen atoms in total. The molecular weight excluding hydrogens is 522 g/mol. The van der Waals surface area contributed by atoms with Crippen LogP contribution in [0.25, 0.3) is 33.7 Å². The minimum atomic E-state index is -1.88. The first kappa shape index (κ1) is 25.1. The molecule has 11 heteroatoms. The van der Waals surface area contributed by atoms with Gasteiger partial charge in [0.25, 0.3) is 5.56 Å². The number of cyclic esters (lactones) is 1. The van der Waals surface area contributed by atoms with Gasteiger partial charge in [-0.3, -0.25) is 4.79 Å². The first-order chi connectivity index (χ1) is 19.7. The van der Waals surface area contributed by atoms with E-state index < -0.39 is 11.6 Å². The summed E-state index contributed by atoms with van der Waals surface area (Å²) >= 11 is 0. The molecule has 1 aromatic carbocycles. The molecule has 0 unspecified atom stereocenters. The van der Waals surface area contributed by atoms with E-state index in [1.54, 1.807) is 28.3 Å². The summed E-state index contributed by atoms with van der Waals surface area (Å²) in [6, 6.07) is 11.2. The number of carbonyl (C=O) groups excluding carboxylic acids is 1. The standard InChI is InChI=1S/C30H27N7O4/c1-4-30(40)21-10-25-27-19(12-37(25)28(38)20(21)14-41-29(30)39)18(17-8-15(2)16(3)9-23(17)33-27)11-36-13-24(34-35-36)22-6-5-7-26(31)32-22/h5-10,13,40H,4,11-12,14H2,1-3H3,(H2,31,32)/t30-/m0/s1. The Kier molecular flexibility index (Phi) is 5.39. The van der Waals surface area contributed by atoms with Gasteiger partial charge in [0.15, 0.2) is 5.60 Å². The van der Waals surface area contributed by atoms with E-state index in [2.05, 4.69) is 28.3 Å². The van der Waals surface area contributed by atoms with E-state index in [9.17, 15) is 14.7 Å². The van der Waals surface area contributed by atoms with Gasteiger partial charge in [0.05, 0.1) is 47.4 Å². The number of rotatable bonds is 4. The van der Waals surface area contributed by atoms with Gasteiger partial charge in [-0.1, -0.05) is 18.2 Å². The predicted octanol–water partition coefficient (Wildman–Crippen LogP) is 2.98. The van der Waals surface area contributed by atoms with Crippen LogP contribution in [0.2, 0.25) is 0 Å². The lowest BCUT2D eigenvalue weighted by Gasteiger charge is -2.31. The monoisotopic (exact) mass is 549 g/mol. The molecule has 3 N–H and O–H groups in total. The van der Waals surface area contributed by atoms with E-state index in [0.29, 0.717) is 52.8 Å². The Morgan fingerprint density at radius 2 is 1.88 bits per heavy atom. The molecule has 0 saturated carbocycles. The van der Waals surface area contributed by atoms with Gasteiger partial charge in [0, 0.05) is 16.5 Å². The van der Waals surface area contributed by atoms with Gasteiger partial charge >= 0.3 is 5.97 Å². The minimum absolute atomic E-state index is 0.0833. The van der Waals surface area contributed by atoms with Gasteiger partial charge in [0.2, 0.25) is 0 Å². The van der Waals surface area contributed by atoms with Crippen molar-refractivity contribution in [1.82, 2.24) is 29.5 Å². The summed E-state index contributed by atoms with van der Waals surface area (Å²) in [6.07, 6.45) is 1.90. The van der Waals surface area contributed by atoms with Crippen molar-refractivity contribution in [3.05, 3.63) is 86.3 Å². The van der Waals surface area contributed by atoms with E-state index >= 15 is 0 Å². The minimum Gasteiger partial charge on any atom is -0.458 e. The van der Waals surface area contributed by atoms with E-state index in [-0.39, 0.29) is 18.6 Å². The van der Waals surface area contributed by atoms with Crippen LogP contribution in [0, 0.1) is 13.8 Å². The van der Waals surface area contributed by atoms with Crippen molar-refractivity contribution in [3.8, 4) is 22.8 Å². The maximum absolute atomic E-state index is 13.7. The number of nitrogen functional groups attached to an aromatic ring is 1. The number of aryl methyl sites for hydroxylation is 2. The SMILES string of the molecule is CC[C@@]1(O)C(=O)OCc2c1cc1n(c2=O)Cc2c-1nc1cc(C)c(C)cc1c2Cn1cc(-c2cccc(N)n2)nn1. The molecule has 6 heterocycles. The van der Waals surface area contributed by atoms with Crippen molar-refractivity contribution >= 4 is 22.7 Å². The molecule has 4 aromatic heterocycles. The van der Waals surface area contributed by atoms with Gasteiger partial charge in [-0.05, 0) is 67.3 Å². The van der Waals surface area contributed by atoms with Crippen molar-refractivity contribution in [3.63, 3.8) is 0 Å². The summed E-state index contributed by atoms with van der Waals surface area (Å²) in [4.78, 5) is 35.7. The number of pyridine rings is 3. The van der Waals surface area contributed by atoms with E-state index in [1.165, 1.54) is 0 Å². The Bertz CT molecular complexity index is 1990. The number of esters is 1. The number of carbonyl (C=O) groups is 1. The van der Waals surface area contributed by atoms with Gasteiger partial charge in [-0.15, -0.1) is 5.10 Å². The third kappa shape index (κ3) is 3.69. The molecule has 2 aliphatic rings. The fourth-order valence-corrected chi connectivity index (χ4v) is 5.85. The number of benzene rings is 1. The third-order valence-electron chi connectivity index (χ3n) is 8.31. The number of aromatic nitrogens is 6. The molecule has 0 amide bonds. The maximum atomic E-state index is 13.7. The van der Waals surface area contributed by atoms with Crippen LogP contribution in [0.1, 0.15) is 46.7 Å². The molecule has 0 fully saturated rings.